The summed E-state index contributed by atoms with van der Waals surface area (Å²) in [7, 11) is 3.16. The van der Waals surface area contributed by atoms with E-state index in [1.807, 2.05) is 42.0 Å². The van der Waals surface area contributed by atoms with E-state index in [1.54, 1.807) is 32.5 Å². The third-order valence-electron chi connectivity index (χ3n) is 5.87. The fourth-order valence-electron chi connectivity index (χ4n) is 3.98. The standard InChI is InChI=1S/C24H27FN2O4/c1-17-26-10-11-27(17)19-6-4-18(5-7-19)16-31-22-15-20(28-2)14-21(23(22)25)24(29-3)8-12-30-13-9-24/h4-7,10-11,14-15H,8-9,12-13,16H2,1-3H3. The number of halogens is 1. The van der Waals surface area contributed by atoms with Crippen LogP contribution in [-0.2, 0) is 21.7 Å². The average Bonchev–Trinajstić information content (AvgIpc) is 3.25. The number of benzene rings is 2. The quantitative estimate of drug-likeness (QED) is 0.554. The van der Waals surface area contributed by atoms with Crippen molar-refractivity contribution in [2.75, 3.05) is 27.4 Å². The molecule has 0 saturated carbocycles. The minimum atomic E-state index is -0.751. The van der Waals surface area contributed by atoms with Crippen LogP contribution in [-0.4, -0.2) is 37.0 Å². The minimum Gasteiger partial charge on any atom is -0.497 e. The molecule has 4 rings (SSSR count). The Bertz CT molecular complexity index is 1030. The van der Waals surface area contributed by atoms with Crippen LogP contribution < -0.4 is 9.47 Å². The Morgan fingerprint density at radius 3 is 2.48 bits per heavy atom. The Balaban J connectivity index is 1.56. The van der Waals surface area contributed by atoms with Crippen LogP contribution in [0.4, 0.5) is 4.39 Å². The van der Waals surface area contributed by atoms with Gasteiger partial charge in [-0.05, 0) is 30.7 Å². The molecule has 2 aromatic carbocycles. The molecule has 1 fully saturated rings. The lowest BCUT2D eigenvalue weighted by Gasteiger charge is -2.36. The van der Waals surface area contributed by atoms with Gasteiger partial charge in [-0.1, -0.05) is 12.1 Å². The third-order valence-corrected chi connectivity index (χ3v) is 5.87. The Hall–Kier alpha value is -2.90. The van der Waals surface area contributed by atoms with Crippen molar-refractivity contribution in [1.29, 1.82) is 0 Å². The number of aromatic nitrogens is 2. The molecule has 0 aliphatic carbocycles. The maximum absolute atomic E-state index is 15.5. The van der Waals surface area contributed by atoms with Crippen molar-refractivity contribution in [3.8, 4) is 17.2 Å². The number of rotatable bonds is 7. The first-order valence-corrected chi connectivity index (χ1v) is 10.3. The maximum atomic E-state index is 15.5. The van der Waals surface area contributed by atoms with Crippen LogP contribution in [0.1, 0.15) is 29.8 Å². The van der Waals surface area contributed by atoms with Crippen LogP contribution >= 0.6 is 0 Å². The number of hydrogen-bond acceptors (Lipinski definition) is 5. The molecule has 0 bridgehead atoms. The van der Waals surface area contributed by atoms with E-state index in [1.165, 1.54) is 0 Å². The summed E-state index contributed by atoms with van der Waals surface area (Å²) < 4.78 is 40.0. The summed E-state index contributed by atoms with van der Waals surface area (Å²) in [5.41, 5.74) is 1.63. The second-order valence-electron chi connectivity index (χ2n) is 7.60. The van der Waals surface area contributed by atoms with Crippen molar-refractivity contribution in [2.24, 2.45) is 0 Å². The molecular formula is C24H27FN2O4. The lowest BCUT2D eigenvalue weighted by atomic mass is 9.85. The Morgan fingerprint density at radius 2 is 1.87 bits per heavy atom. The van der Waals surface area contributed by atoms with Crippen LogP contribution in [0.15, 0.2) is 48.8 Å². The highest BCUT2D eigenvalue weighted by Gasteiger charge is 2.38. The highest BCUT2D eigenvalue weighted by molar-refractivity contribution is 5.43. The summed E-state index contributed by atoms with van der Waals surface area (Å²) in [6.45, 7) is 3.22. The van der Waals surface area contributed by atoms with E-state index >= 15 is 4.39 Å². The predicted octanol–water partition coefficient (Wildman–Crippen LogP) is 4.56. The van der Waals surface area contributed by atoms with Crippen molar-refractivity contribution in [1.82, 2.24) is 9.55 Å². The number of nitrogens with zero attached hydrogens (tertiary/aromatic N) is 2. The van der Waals surface area contributed by atoms with Gasteiger partial charge in [0.05, 0.1) is 7.11 Å². The molecule has 2 heterocycles. The summed E-state index contributed by atoms with van der Waals surface area (Å²) in [4.78, 5) is 4.24. The maximum Gasteiger partial charge on any atom is 0.171 e. The topological polar surface area (TPSA) is 54.7 Å². The van der Waals surface area contributed by atoms with Crippen LogP contribution in [0.5, 0.6) is 11.5 Å². The van der Waals surface area contributed by atoms with Crippen molar-refractivity contribution in [3.05, 3.63) is 71.6 Å². The normalized spacial score (nSPS) is 15.6. The fourth-order valence-corrected chi connectivity index (χ4v) is 3.98. The summed E-state index contributed by atoms with van der Waals surface area (Å²) in [6, 6.07) is 11.2. The van der Waals surface area contributed by atoms with Crippen molar-refractivity contribution < 1.29 is 23.3 Å². The minimum absolute atomic E-state index is 0.145. The molecule has 0 atom stereocenters. The number of aryl methyl sites for hydroxylation is 1. The fraction of sp³-hybridized carbons (Fsp3) is 0.375. The molecule has 31 heavy (non-hydrogen) atoms. The van der Waals surface area contributed by atoms with Gasteiger partial charge in [0, 0.05) is 62.9 Å². The summed E-state index contributed by atoms with van der Waals surface area (Å²) >= 11 is 0. The average molecular weight is 426 g/mol. The van der Waals surface area contributed by atoms with E-state index in [2.05, 4.69) is 4.98 Å². The van der Waals surface area contributed by atoms with Crippen molar-refractivity contribution in [3.63, 3.8) is 0 Å². The second kappa shape index (κ2) is 9.08. The van der Waals surface area contributed by atoms with Gasteiger partial charge >= 0.3 is 0 Å². The molecule has 3 aromatic rings. The molecule has 1 aromatic heterocycles. The number of ether oxygens (including phenoxy) is 4. The van der Waals surface area contributed by atoms with Gasteiger partial charge in [0.15, 0.2) is 11.6 Å². The van der Waals surface area contributed by atoms with E-state index in [-0.39, 0.29) is 12.4 Å². The molecule has 0 unspecified atom stereocenters. The Morgan fingerprint density at radius 1 is 1.13 bits per heavy atom. The number of methoxy groups -OCH3 is 2. The zero-order valence-electron chi connectivity index (χ0n) is 18.1. The zero-order valence-corrected chi connectivity index (χ0v) is 18.1. The largest absolute Gasteiger partial charge is 0.497 e. The second-order valence-corrected chi connectivity index (χ2v) is 7.60. The van der Waals surface area contributed by atoms with Crippen molar-refractivity contribution >= 4 is 0 Å². The van der Waals surface area contributed by atoms with Crippen LogP contribution in [0.2, 0.25) is 0 Å². The smallest absolute Gasteiger partial charge is 0.171 e. The van der Waals surface area contributed by atoms with Gasteiger partial charge in [0.25, 0.3) is 0 Å². The van der Waals surface area contributed by atoms with Crippen LogP contribution in [0, 0.1) is 12.7 Å². The van der Waals surface area contributed by atoms with Gasteiger partial charge in [-0.15, -0.1) is 0 Å². The molecule has 6 nitrogen and oxygen atoms in total. The van der Waals surface area contributed by atoms with Crippen LogP contribution in [0.3, 0.4) is 0 Å². The van der Waals surface area contributed by atoms with Gasteiger partial charge in [0.2, 0.25) is 0 Å². The molecule has 7 heteroatoms. The molecular weight excluding hydrogens is 399 g/mol. The lowest BCUT2D eigenvalue weighted by molar-refractivity contribution is -0.0968. The molecule has 0 N–H and O–H groups in total. The molecule has 0 radical (unpaired) electrons. The summed E-state index contributed by atoms with van der Waals surface area (Å²) in [5, 5.41) is 0. The molecule has 1 aliphatic rings. The van der Waals surface area contributed by atoms with E-state index in [9.17, 15) is 0 Å². The van der Waals surface area contributed by atoms with Gasteiger partial charge in [0.1, 0.15) is 23.8 Å². The highest BCUT2D eigenvalue weighted by atomic mass is 19.1. The zero-order chi connectivity index (χ0) is 21.8. The SMILES string of the molecule is COc1cc(OCc2ccc(-n3ccnc3C)cc2)c(F)c(C2(OC)CCOCC2)c1. The monoisotopic (exact) mass is 426 g/mol. The van der Waals surface area contributed by atoms with E-state index in [0.717, 1.165) is 17.1 Å². The molecule has 164 valence electrons. The van der Waals surface area contributed by atoms with Gasteiger partial charge < -0.3 is 23.5 Å². The third kappa shape index (κ3) is 4.29. The molecule has 0 amide bonds. The highest BCUT2D eigenvalue weighted by Crippen LogP contribution is 2.41. The Kier molecular flexibility index (Phi) is 6.25. The predicted molar refractivity (Wildman–Crippen MR) is 114 cm³/mol. The van der Waals surface area contributed by atoms with E-state index < -0.39 is 11.4 Å². The van der Waals surface area contributed by atoms with E-state index in [0.29, 0.717) is 37.4 Å². The first-order chi connectivity index (χ1) is 15.1. The summed E-state index contributed by atoms with van der Waals surface area (Å²) in [5.74, 6) is 1.16. The van der Waals surface area contributed by atoms with Gasteiger partial charge in [-0.25, -0.2) is 9.37 Å². The molecule has 0 spiro atoms. The van der Waals surface area contributed by atoms with Crippen molar-refractivity contribution in [2.45, 2.75) is 32.0 Å². The first-order valence-electron chi connectivity index (χ1n) is 10.3. The molecule has 1 saturated heterocycles. The lowest BCUT2D eigenvalue weighted by Crippen LogP contribution is -2.36. The van der Waals surface area contributed by atoms with Gasteiger partial charge in [-0.3, -0.25) is 0 Å². The number of hydrogen-bond donors (Lipinski definition) is 0. The van der Waals surface area contributed by atoms with Crippen LogP contribution in [0.25, 0.3) is 5.69 Å². The summed E-state index contributed by atoms with van der Waals surface area (Å²) in [6.07, 6.45) is 4.82. The first kappa shape index (κ1) is 21.3. The Labute approximate surface area is 181 Å². The van der Waals surface area contributed by atoms with Gasteiger partial charge in [-0.2, -0.15) is 0 Å². The number of imidazole rings is 1. The van der Waals surface area contributed by atoms with E-state index in [4.69, 9.17) is 18.9 Å². The molecule has 1 aliphatic heterocycles.